The van der Waals surface area contributed by atoms with Gasteiger partial charge in [-0.25, -0.2) is 9.69 Å². The highest BCUT2D eigenvalue weighted by molar-refractivity contribution is 9.10. The van der Waals surface area contributed by atoms with Crippen molar-refractivity contribution in [3.05, 3.63) is 88.4 Å². The van der Waals surface area contributed by atoms with E-state index in [1.165, 1.54) is 6.08 Å². The van der Waals surface area contributed by atoms with Crippen molar-refractivity contribution >= 4 is 45.5 Å². The molecule has 4 amide bonds. The lowest BCUT2D eigenvalue weighted by atomic mass is 10.1. The third kappa shape index (κ3) is 5.70. The molecule has 0 unspecified atom stereocenters. The number of imide groups is 2. The van der Waals surface area contributed by atoms with E-state index < -0.39 is 17.8 Å². The molecule has 1 saturated heterocycles. The lowest BCUT2D eigenvalue weighted by Gasteiger charge is -2.26. The summed E-state index contributed by atoms with van der Waals surface area (Å²) in [6, 6.07) is 20.1. The Balaban J connectivity index is 1.45. The van der Waals surface area contributed by atoms with Crippen LogP contribution in [0.3, 0.4) is 0 Å². The molecule has 1 N–H and O–H groups in total. The second-order valence-electron chi connectivity index (χ2n) is 7.35. The molecule has 178 valence electrons. The van der Waals surface area contributed by atoms with Crippen molar-refractivity contribution in [1.29, 1.82) is 0 Å². The molecule has 1 fully saturated rings. The molecule has 35 heavy (non-hydrogen) atoms. The molecule has 4 rings (SSSR count). The Kier molecular flexibility index (Phi) is 7.47. The zero-order chi connectivity index (χ0) is 24.8. The van der Waals surface area contributed by atoms with Crippen LogP contribution in [-0.4, -0.2) is 38.2 Å². The summed E-state index contributed by atoms with van der Waals surface area (Å²) in [6.07, 6.45) is 1.42. The van der Waals surface area contributed by atoms with Gasteiger partial charge in [-0.2, -0.15) is 0 Å². The van der Waals surface area contributed by atoms with Crippen LogP contribution in [0.25, 0.3) is 6.08 Å². The Morgan fingerprint density at radius 2 is 1.60 bits per heavy atom. The molecule has 0 aliphatic carbocycles. The van der Waals surface area contributed by atoms with Crippen molar-refractivity contribution in [2.45, 2.75) is 0 Å². The van der Waals surface area contributed by atoms with E-state index in [-0.39, 0.29) is 18.8 Å². The number of urea groups is 1. The van der Waals surface area contributed by atoms with Crippen LogP contribution in [0.1, 0.15) is 5.56 Å². The quantitative estimate of drug-likeness (QED) is 0.257. The van der Waals surface area contributed by atoms with Crippen molar-refractivity contribution in [3.63, 3.8) is 0 Å². The molecular formula is C26H21BrN2O6. The number of nitrogens with one attached hydrogen (secondary N) is 1. The van der Waals surface area contributed by atoms with E-state index in [2.05, 4.69) is 21.2 Å². The summed E-state index contributed by atoms with van der Waals surface area (Å²) >= 11 is 3.32. The van der Waals surface area contributed by atoms with Gasteiger partial charge < -0.3 is 14.2 Å². The van der Waals surface area contributed by atoms with Gasteiger partial charge in [0.2, 0.25) is 0 Å². The lowest BCUT2D eigenvalue weighted by molar-refractivity contribution is -0.122. The Hall–Kier alpha value is -4.11. The largest absolute Gasteiger partial charge is 0.493 e. The van der Waals surface area contributed by atoms with Crippen molar-refractivity contribution in [2.24, 2.45) is 0 Å². The van der Waals surface area contributed by atoms with Gasteiger partial charge in [-0.1, -0.05) is 40.2 Å². The van der Waals surface area contributed by atoms with E-state index in [1.54, 1.807) is 67.8 Å². The Bertz CT molecular complexity index is 1290. The van der Waals surface area contributed by atoms with E-state index in [0.29, 0.717) is 28.5 Å². The smallest absolute Gasteiger partial charge is 0.335 e. The molecule has 0 bridgehead atoms. The summed E-state index contributed by atoms with van der Waals surface area (Å²) < 4.78 is 17.5. The van der Waals surface area contributed by atoms with Crippen molar-refractivity contribution in [3.8, 4) is 17.2 Å². The fourth-order valence-electron chi connectivity index (χ4n) is 3.39. The first-order valence-corrected chi connectivity index (χ1v) is 11.4. The minimum Gasteiger partial charge on any atom is -0.493 e. The van der Waals surface area contributed by atoms with E-state index in [4.69, 9.17) is 14.2 Å². The fraction of sp³-hybridized carbons (Fsp3) is 0.115. The summed E-state index contributed by atoms with van der Waals surface area (Å²) in [5, 5.41) is 2.21. The predicted octanol–water partition coefficient (Wildman–Crippen LogP) is 4.58. The van der Waals surface area contributed by atoms with Gasteiger partial charge in [-0.3, -0.25) is 14.9 Å². The molecule has 0 radical (unpaired) electrons. The third-order valence-corrected chi connectivity index (χ3v) is 5.56. The molecule has 3 aromatic rings. The number of rotatable bonds is 8. The Morgan fingerprint density at radius 3 is 2.34 bits per heavy atom. The molecule has 1 heterocycles. The van der Waals surface area contributed by atoms with Gasteiger partial charge in [0.25, 0.3) is 11.8 Å². The van der Waals surface area contributed by atoms with E-state index in [0.717, 1.165) is 9.37 Å². The predicted molar refractivity (Wildman–Crippen MR) is 134 cm³/mol. The van der Waals surface area contributed by atoms with Crippen LogP contribution < -0.4 is 24.4 Å². The van der Waals surface area contributed by atoms with Gasteiger partial charge in [0.15, 0.2) is 11.5 Å². The van der Waals surface area contributed by atoms with Crippen molar-refractivity contribution < 1.29 is 28.6 Å². The van der Waals surface area contributed by atoms with Crippen LogP contribution in [0.2, 0.25) is 0 Å². The monoisotopic (exact) mass is 536 g/mol. The fourth-order valence-corrected chi connectivity index (χ4v) is 3.66. The highest BCUT2D eigenvalue weighted by Crippen LogP contribution is 2.26. The summed E-state index contributed by atoms with van der Waals surface area (Å²) in [6.45, 7) is 0.556. The normalized spacial score (nSPS) is 14.6. The van der Waals surface area contributed by atoms with Gasteiger partial charge in [0.05, 0.1) is 12.8 Å². The van der Waals surface area contributed by atoms with Gasteiger partial charge in [-0.15, -0.1) is 0 Å². The second-order valence-corrected chi connectivity index (χ2v) is 8.27. The number of halogens is 1. The molecule has 0 atom stereocenters. The van der Waals surface area contributed by atoms with Gasteiger partial charge in [-0.05, 0) is 60.2 Å². The second kappa shape index (κ2) is 10.9. The third-order valence-electron chi connectivity index (χ3n) is 5.03. The number of anilines is 1. The van der Waals surface area contributed by atoms with Crippen LogP contribution >= 0.6 is 15.9 Å². The maximum atomic E-state index is 13.0. The van der Waals surface area contributed by atoms with E-state index in [1.807, 2.05) is 12.1 Å². The number of benzene rings is 3. The number of amides is 4. The Morgan fingerprint density at radius 1 is 0.886 bits per heavy atom. The topological polar surface area (TPSA) is 94.2 Å². The van der Waals surface area contributed by atoms with E-state index >= 15 is 0 Å². The summed E-state index contributed by atoms with van der Waals surface area (Å²) in [7, 11) is 1.57. The molecule has 1 aliphatic heterocycles. The van der Waals surface area contributed by atoms with E-state index in [9.17, 15) is 14.4 Å². The average molecular weight is 537 g/mol. The maximum absolute atomic E-state index is 13.0. The average Bonchev–Trinajstić information content (AvgIpc) is 2.86. The first kappa shape index (κ1) is 24.0. The van der Waals surface area contributed by atoms with Crippen molar-refractivity contribution in [2.75, 3.05) is 25.2 Å². The summed E-state index contributed by atoms with van der Waals surface area (Å²) in [5.41, 5.74) is 0.752. The van der Waals surface area contributed by atoms with Crippen LogP contribution in [0.4, 0.5) is 10.5 Å². The standard InChI is InChI=1S/C26H21BrN2O6/c1-33-22-7-2-3-8-23(22)35-14-13-34-20-6-4-5-17(15-20)16-21-24(30)28-26(32)29(25(21)31)19-11-9-18(27)10-12-19/h2-12,15-16H,13-14H2,1H3,(H,28,30,32)/b21-16-. The number of nitrogens with zero attached hydrogens (tertiary/aromatic N) is 1. The number of carbonyl (C=O) groups is 3. The minimum atomic E-state index is -0.799. The summed E-state index contributed by atoms with van der Waals surface area (Å²) in [4.78, 5) is 38.7. The molecule has 8 nitrogen and oxygen atoms in total. The van der Waals surface area contributed by atoms with Crippen LogP contribution in [0.5, 0.6) is 17.2 Å². The molecule has 1 aliphatic rings. The number of ether oxygens (including phenoxy) is 3. The van der Waals surface area contributed by atoms with Crippen molar-refractivity contribution in [1.82, 2.24) is 5.32 Å². The SMILES string of the molecule is COc1ccccc1OCCOc1cccc(/C=C2/C(=O)NC(=O)N(c3ccc(Br)cc3)C2=O)c1. The molecule has 0 aromatic heterocycles. The highest BCUT2D eigenvalue weighted by Gasteiger charge is 2.36. The molecule has 3 aromatic carbocycles. The maximum Gasteiger partial charge on any atom is 0.335 e. The van der Waals surface area contributed by atoms with Gasteiger partial charge >= 0.3 is 6.03 Å². The molecule has 0 spiro atoms. The number of methoxy groups -OCH3 is 1. The Labute approximate surface area is 210 Å². The van der Waals surface area contributed by atoms with Gasteiger partial charge in [0.1, 0.15) is 24.5 Å². The number of para-hydroxylation sites is 2. The van der Waals surface area contributed by atoms with Gasteiger partial charge in [0, 0.05) is 4.47 Å². The number of barbiturate groups is 1. The summed E-state index contributed by atoms with van der Waals surface area (Å²) in [5.74, 6) is 0.311. The zero-order valence-corrected chi connectivity index (χ0v) is 20.3. The number of carbonyl (C=O) groups excluding carboxylic acids is 3. The first-order valence-electron chi connectivity index (χ1n) is 10.6. The highest BCUT2D eigenvalue weighted by atomic mass is 79.9. The van der Waals surface area contributed by atoms with Crippen LogP contribution in [0.15, 0.2) is 82.8 Å². The number of hydrogen-bond acceptors (Lipinski definition) is 6. The zero-order valence-electron chi connectivity index (χ0n) is 18.7. The molecular weight excluding hydrogens is 516 g/mol. The lowest BCUT2D eigenvalue weighted by Crippen LogP contribution is -2.54. The number of hydrogen-bond donors (Lipinski definition) is 1. The minimum absolute atomic E-state index is 0.163. The van der Waals surface area contributed by atoms with Crippen LogP contribution in [0, 0.1) is 0 Å². The molecule has 9 heteroatoms. The van der Waals surface area contributed by atoms with Crippen LogP contribution in [-0.2, 0) is 9.59 Å². The molecule has 0 saturated carbocycles. The first-order chi connectivity index (χ1) is 17.0.